The Balaban J connectivity index is 1.43. The van der Waals surface area contributed by atoms with E-state index in [4.69, 9.17) is 4.74 Å². The third kappa shape index (κ3) is 3.26. The third-order valence-electron chi connectivity index (χ3n) is 3.92. The van der Waals surface area contributed by atoms with Crippen LogP contribution in [-0.2, 0) is 12.8 Å². The van der Waals surface area contributed by atoms with E-state index in [2.05, 4.69) is 23.5 Å². The lowest BCUT2D eigenvalue weighted by Gasteiger charge is -2.16. The molecule has 2 nitrogen and oxygen atoms in total. The molecule has 1 fully saturated rings. The van der Waals surface area contributed by atoms with Gasteiger partial charge in [0.2, 0.25) is 0 Å². The van der Waals surface area contributed by atoms with Crippen molar-refractivity contribution >= 4 is 0 Å². The number of hydrogen-bond donors (Lipinski definition) is 1. The van der Waals surface area contributed by atoms with Gasteiger partial charge in [-0.25, -0.2) is 0 Å². The second kappa shape index (κ2) is 5.75. The van der Waals surface area contributed by atoms with Crippen molar-refractivity contribution in [3.05, 3.63) is 29.3 Å². The Kier molecular flexibility index (Phi) is 3.84. The minimum Gasteiger partial charge on any atom is -0.494 e. The first-order chi connectivity index (χ1) is 8.92. The standard InChI is InChI=1S/C16H23NO/c1-2-5-14-12-16(9-6-13(14)4-1)18-11-3-10-17-15-7-8-15/h6,9,12,15,17H,1-5,7-8,10-11H2. The average molecular weight is 245 g/mol. The van der Waals surface area contributed by atoms with Gasteiger partial charge in [-0.3, -0.25) is 0 Å². The van der Waals surface area contributed by atoms with E-state index in [1.165, 1.54) is 49.7 Å². The van der Waals surface area contributed by atoms with Crippen LogP contribution in [0.4, 0.5) is 0 Å². The Morgan fingerprint density at radius 3 is 2.78 bits per heavy atom. The van der Waals surface area contributed by atoms with Gasteiger partial charge in [0.15, 0.2) is 0 Å². The summed E-state index contributed by atoms with van der Waals surface area (Å²) >= 11 is 0. The monoisotopic (exact) mass is 245 g/mol. The molecule has 0 aliphatic heterocycles. The highest BCUT2D eigenvalue weighted by atomic mass is 16.5. The van der Waals surface area contributed by atoms with Crippen LogP contribution in [-0.4, -0.2) is 19.2 Å². The first-order valence-corrected chi connectivity index (χ1v) is 7.40. The molecule has 2 heteroatoms. The van der Waals surface area contributed by atoms with Crippen LogP contribution in [0.3, 0.4) is 0 Å². The van der Waals surface area contributed by atoms with Crippen LogP contribution >= 0.6 is 0 Å². The van der Waals surface area contributed by atoms with Crippen LogP contribution < -0.4 is 10.1 Å². The molecule has 0 saturated heterocycles. The summed E-state index contributed by atoms with van der Waals surface area (Å²) in [5, 5.41) is 3.51. The lowest BCUT2D eigenvalue weighted by atomic mass is 9.92. The number of ether oxygens (including phenoxy) is 1. The summed E-state index contributed by atoms with van der Waals surface area (Å²) in [5.74, 6) is 1.06. The van der Waals surface area contributed by atoms with E-state index in [9.17, 15) is 0 Å². The first kappa shape index (κ1) is 12.0. The second-order valence-electron chi connectivity index (χ2n) is 5.57. The van der Waals surface area contributed by atoms with Gasteiger partial charge in [-0.05, 0) is 74.8 Å². The lowest BCUT2D eigenvalue weighted by molar-refractivity contribution is 0.307. The molecule has 2 aliphatic rings. The fraction of sp³-hybridized carbons (Fsp3) is 0.625. The van der Waals surface area contributed by atoms with Gasteiger partial charge >= 0.3 is 0 Å². The van der Waals surface area contributed by atoms with E-state index >= 15 is 0 Å². The van der Waals surface area contributed by atoms with Crippen LogP contribution in [0.1, 0.15) is 43.2 Å². The predicted molar refractivity (Wildman–Crippen MR) is 74.2 cm³/mol. The van der Waals surface area contributed by atoms with Crippen molar-refractivity contribution in [1.29, 1.82) is 0 Å². The summed E-state index contributed by atoms with van der Waals surface area (Å²) in [6.45, 7) is 1.92. The Morgan fingerprint density at radius 1 is 1.11 bits per heavy atom. The van der Waals surface area contributed by atoms with Gasteiger partial charge in [-0.2, -0.15) is 0 Å². The molecule has 2 aliphatic carbocycles. The number of fused-ring (bicyclic) bond motifs is 1. The molecule has 0 atom stereocenters. The highest BCUT2D eigenvalue weighted by Crippen LogP contribution is 2.25. The van der Waals surface area contributed by atoms with Crippen molar-refractivity contribution in [1.82, 2.24) is 5.32 Å². The zero-order chi connectivity index (χ0) is 12.2. The van der Waals surface area contributed by atoms with E-state index in [0.29, 0.717) is 0 Å². The summed E-state index contributed by atoms with van der Waals surface area (Å²) < 4.78 is 5.83. The molecule has 3 rings (SSSR count). The van der Waals surface area contributed by atoms with Gasteiger partial charge in [0, 0.05) is 6.04 Å². The predicted octanol–water partition coefficient (Wildman–Crippen LogP) is 3.09. The molecule has 0 amide bonds. The van der Waals surface area contributed by atoms with Gasteiger partial charge in [0.25, 0.3) is 0 Å². The highest BCUT2D eigenvalue weighted by Gasteiger charge is 2.19. The smallest absolute Gasteiger partial charge is 0.119 e. The molecule has 1 aromatic carbocycles. The van der Waals surface area contributed by atoms with Gasteiger partial charge in [0.1, 0.15) is 5.75 Å². The lowest BCUT2D eigenvalue weighted by Crippen LogP contribution is -2.19. The minimum absolute atomic E-state index is 0.814. The average Bonchev–Trinajstić information content (AvgIpc) is 3.22. The van der Waals surface area contributed by atoms with Crippen LogP contribution in [0, 0.1) is 0 Å². The molecule has 0 heterocycles. The normalized spacial score (nSPS) is 18.4. The summed E-state index contributed by atoms with van der Waals surface area (Å²) in [7, 11) is 0. The zero-order valence-corrected chi connectivity index (χ0v) is 11.1. The van der Waals surface area contributed by atoms with Crippen LogP contribution in [0.15, 0.2) is 18.2 Å². The highest BCUT2D eigenvalue weighted by molar-refractivity contribution is 5.37. The molecule has 1 aromatic rings. The number of rotatable bonds is 6. The maximum Gasteiger partial charge on any atom is 0.119 e. The van der Waals surface area contributed by atoms with Crippen LogP contribution in [0.25, 0.3) is 0 Å². The van der Waals surface area contributed by atoms with E-state index < -0.39 is 0 Å². The summed E-state index contributed by atoms with van der Waals surface area (Å²) in [5.41, 5.74) is 3.04. The van der Waals surface area contributed by atoms with Gasteiger partial charge < -0.3 is 10.1 Å². The van der Waals surface area contributed by atoms with Gasteiger partial charge in [-0.1, -0.05) is 6.07 Å². The molecule has 1 N–H and O–H groups in total. The molecular weight excluding hydrogens is 222 g/mol. The number of nitrogens with one attached hydrogen (secondary N) is 1. The first-order valence-electron chi connectivity index (χ1n) is 7.40. The quantitative estimate of drug-likeness (QED) is 0.778. The van der Waals surface area contributed by atoms with Crippen LogP contribution in [0.2, 0.25) is 0 Å². The van der Waals surface area contributed by atoms with Crippen LogP contribution in [0.5, 0.6) is 5.75 Å². The number of hydrogen-bond acceptors (Lipinski definition) is 2. The van der Waals surface area contributed by atoms with Crippen molar-refractivity contribution in [2.75, 3.05) is 13.2 Å². The molecule has 0 bridgehead atoms. The largest absolute Gasteiger partial charge is 0.494 e. The fourth-order valence-electron chi connectivity index (χ4n) is 2.66. The van der Waals surface area contributed by atoms with Crippen molar-refractivity contribution in [2.45, 2.75) is 51.0 Å². The molecule has 98 valence electrons. The molecule has 18 heavy (non-hydrogen) atoms. The topological polar surface area (TPSA) is 21.3 Å². The number of benzene rings is 1. The molecule has 0 radical (unpaired) electrons. The van der Waals surface area contributed by atoms with Crippen molar-refractivity contribution in [3.8, 4) is 5.75 Å². The maximum atomic E-state index is 5.83. The molecule has 0 unspecified atom stereocenters. The van der Waals surface area contributed by atoms with E-state index in [-0.39, 0.29) is 0 Å². The van der Waals surface area contributed by atoms with Crippen molar-refractivity contribution < 1.29 is 4.74 Å². The van der Waals surface area contributed by atoms with E-state index in [1.54, 1.807) is 0 Å². The van der Waals surface area contributed by atoms with Gasteiger partial charge in [-0.15, -0.1) is 0 Å². The zero-order valence-electron chi connectivity index (χ0n) is 11.1. The molecule has 1 saturated carbocycles. The molecule has 0 aromatic heterocycles. The van der Waals surface area contributed by atoms with Crippen molar-refractivity contribution in [2.24, 2.45) is 0 Å². The molecular formula is C16H23NO. The summed E-state index contributed by atoms with van der Waals surface area (Å²) in [6.07, 6.45) is 9.00. The third-order valence-corrected chi connectivity index (χ3v) is 3.92. The Labute approximate surface area is 110 Å². The van der Waals surface area contributed by atoms with Crippen molar-refractivity contribution in [3.63, 3.8) is 0 Å². The minimum atomic E-state index is 0.814. The SMILES string of the molecule is c1cc2c(cc1OCCCNC1CC1)CCCC2. The Bertz CT molecular complexity index is 398. The summed E-state index contributed by atoms with van der Waals surface area (Å²) in [6, 6.07) is 7.46. The fourth-order valence-corrected chi connectivity index (χ4v) is 2.66. The van der Waals surface area contributed by atoms with Gasteiger partial charge in [0.05, 0.1) is 6.61 Å². The maximum absolute atomic E-state index is 5.83. The molecule has 0 spiro atoms. The van der Waals surface area contributed by atoms with E-state index in [0.717, 1.165) is 31.4 Å². The summed E-state index contributed by atoms with van der Waals surface area (Å²) in [4.78, 5) is 0. The Hall–Kier alpha value is -1.02. The second-order valence-corrected chi connectivity index (χ2v) is 5.57. The Morgan fingerprint density at radius 2 is 1.94 bits per heavy atom. The number of aryl methyl sites for hydroxylation is 2. The van der Waals surface area contributed by atoms with E-state index in [1.807, 2.05) is 0 Å².